The number of hydrogen-bond donors (Lipinski definition) is 2. The van der Waals surface area contributed by atoms with Crippen LogP contribution < -0.4 is 20.1 Å². The fourth-order valence-electron chi connectivity index (χ4n) is 6.02. The molecule has 0 radical (unpaired) electrons. The summed E-state index contributed by atoms with van der Waals surface area (Å²) in [5.74, 6) is 0.848. The summed E-state index contributed by atoms with van der Waals surface area (Å²) in [5, 5.41) is 5.66. The smallest absolute Gasteiger partial charge is 0.321 e. The number of piperazine rings is 1. The van der Waals surface area contributed by atoms with Crippen LogP contribution in [0.2, 0.25) is 0 Å². The fraction of sp³-hybridized carbons (Fsp3) is 0.317. The summed E-state index contributed by atoms with van der Waals surface area (Å²) < 4.78 is 16.2. The van der Waals surface area contributed by atoms with Gasteiger partial charge in [0.25, 0.3) is 11.8 Å². The second-order valence-electron chi connectivity index (χ2n) is 13.3. The summed E-state index contributed by atoms with van der Waals surface area (Å²) in [5.41, 5.74) is 5.03. The van der Waals surface area contributed by atoms with Gasteiger partial charge in [-0.15, -0.1) is 0 Å². The van der Waals surface area contributed by atoms with Crippen molar-refractivity contribution < 1.29 is 26.7 Å². The average molecular weight is 750 g/mol. The topological polar surface area (TPSA) is 147 Å². The number of morpholine rings is 1. The van der Waals surface area contributed by atoms with Crippen molar-refractivity contribution in [2.75, 3.05) is 77.3 Å². The molecule has 0 unspecified atom stereocenters. The Morgan fingerprint density at radius 1 is 0.745 bits per heavy atom. The summed E-state index contributed by atoms with van der Waals surface area (Å²) in [4.78, 5) is 48.6. The number of carbonyl (C=O) groups is 2. The molecule has 14 nitrogen and oxygen atoms in total. The number of aryl methyl sites for hydroxylation is 1. The summed E-state index contributed by atoms with van der Waals surface area (Å²) in [6, 6.07) is 24.5. The normalized spacial score (nSPS) is 15.0. The molecule has 2 fully saturated rings. The van der Waals surface area contributed by atoms with E-state index in [2.05, 4.69) is 58.4 Å². The van der Waals surface area contributed by atoms with E-state index in [1.165, 1.54) is 7.11 Å². The van der Waals surface area contributed by atoms with Gasteiger partial charge in [-0.05, 0) is 67.1 Å². The number of hydrogen-bond acceptors (Lipinski definition) is 12. The van der Waals surface area contributed by atoms with E-state index in [-0.39, 0.29) is 26.6 Å². The molecule has 5 aromatic rings. The Balaban J connectivity index is 0.000000248. The van der Waals surface area contributed by atoms with Crippen molar-refractivity contribution in [2.24, 2.45) is 0 Å². The van der Waals surface area contributed by atoms with E-state index in [1.807, 2.05) is 55.5 Å². The maximum Gasteiger partial charge on any atom is 0.321 e. The molecule has 2 N–H and O–H groups in total. The third-order valence-electron chi connectivity index (χ3n) is 9.14. The van der Waals surface area contributed by atoms with E-state index in [1.54, 1.807) is 42.9 Å². The van der Waals surface area contributed by atoms with Gasteiger partial charge < -0.3 is 24.4 Å². The number of ether oxygens (including phenoxy) is 3. The summed E-state index contributed by atoms with van der Waals surface area (Å²) in [6.07, 6.45) is 4.78. The van der Waals surface area contributed by atoms with Gasteiger partial charge in [-0.2, -0.15) is 4.98 Å². The first-order valence-corrected chi connectivity index (χ1v) is 18.3. The number of carbonyl (C=O) groups excluding carboxylic acids is 2. The lowest BCUT2D eigenvalue weighted by molar-refractivity contribution is 0.0342. The number of nitrogens with one attached hydrogen (secondary N) is 2. The zero-order chi connectivity index (χ0) is 38.4. The lowest BCUT2D eigenvalue weighted by Gasteiger charge is -2.32. The number of aromatic nitrogens is 4. The molecule has 0 saturated carbocycles. The number of rotatable bonds is 11. The molecule has 0 atom stereocenters. The van der Waals surface area contributed by atoms with E-state index in [4.69, 9.17) is 14.2 Å². The molecule has 2 amide bonds. The minimum absolute atomic E-state index is 0. The lowest BCUT2D eigenvalue weighted by atomic mass is 10.1. The Labute approximate surface area is 324 Å². The van der Waals surface area contributed by atoms with Crippen LogP contribution in [-0.2, 0) is 17.8 Å². The predicted molar refractivity (Wildman–Crippen MR) is 214 cm³/mol. The van der Waals surface area contributed by atoms with Crippen LogP contribution in [0.5, 0.6) is 17.6 Å². The third kappa shape index (κ3) is 11.8. The molecule has 7 rings (SSSR count). The van der Waals surface area contributed by atoms with Crippen molar-refractivity contribution in [1.82, 2.24) is 34.6 Å². The van der Waals surface area contributed by atoms with Gasteiger partial charge in [-0.1, -0.05) is 30.3 Å². The average Bonchev–Trinajstić information content (AvgIpc) is 3.21. The van der Waals surface area contributed by atoms with Gasteiger partial charge in [0, 0.05) is 103 Å². The highest BCUT2D eigenvalue weighted by Crippen LogP contribution is 2.26. The van der Waals surface area contributed by atoms with E-state index >= 15 is 0 Å². The Kier molecular flexibility index (Phi) is 13.8. The van der Waals surface area contributed by atoms with Crippen LogP contribution in [0.1, 0.15) is 40.3 Å². The SMILES string of the molecule is COc1ccnc(NC(=O)c2cccc(CN3CCN(C)CC3)c2)n1.Cc1ccc(NC(=O)c2cccc(CN3CCOCC3)c2)cc1Oc1ncccn1.[HH].[HH]. The van der Waals surface area contributed by atoms with Crippen molar-refractivity contribution in [2.45, 2.75) is 20.0 Å². The Morgan fingerprint density at radius 3 is 2.04 bits per heavy atom. The zero-order valence-corrected chi connectivity index (χ0v) is 31.5. The number of methoxy groups -OCH3 is 1. The molecule has 3 aromatic carbocycles. The van der Waals surface area contributed by atoms with Gasteiger partial charge in [0.2, 0.25) is 11.8 Å². The van der Waals surface area contributed by atoms with Gasteiger partial charge in [0.05, 0.1) is 20.3 Å². The first kappa shape index (κ1) is 38.9. The minimum atomic E-state index is -0.228. The molecule has 0 aliphatic carbocycles. The van der Waals surface area contributed by atoms with Crippen LogP contribution in [0.25, 0.3) is 0 Å². The summed E-state index contributed by atoms with van der Waals surface area (Å²) in [6.45, 7) is 11.2. The van der Waals surface area contributed by atoms with Crippen LogP contribution in [-0.4, -0.2) is 113 Å². The minimum Gasteiger partial charge on any atom is -0.481 e. The van der Waals surface area contributed by atoms with Crippen LogP contribution in [0.3, 0.4) is 0 Å². The number of likely N-dealkylation sites (N-methyl/N-ethyl adjacent to an activating group) is 1. The van der Waals surface area contributed by atoms with Gasteiger partial charge >= 0.3 is 6.01 Å². The first-order valence-electron chi connectivity index (χ1n) is 18.3. The van der Waals surface area contributed by atoms with E-state index in [0.717, 1.165) is 82.3 Å². The molecule has 2 saturated heterocycles. The lowest BCUT2D eigenvalue weighted by Crippen LogP contribution is -2.43. The fourth-order valence-corrected chi connectivity index (χ4v) is 6.02. The monoisotopic (exact) mass is 749 g/mol. The van der Waals surface area contributed by atoms with Crippen molar-refractivity contribution in [3.8, 4) is 17.6 Å². The Hall–Kier alpha value is -5.80. The van der Waals surface area contributed by atoms with Crippen LogP contribution >= 0.6 is 0 Å². The molecule has 2 aliphatic rings. The molecular weight excluding hydrogens is 699 g/mol. The Morgan fingerprint density at radius 2 is 1.38 bits per heavy atom. The molecule has 4 heterocycles. The predicted octanol–water partition coefficient (Wildman–Crippen LogP) is 5.64. The second kappa shape index (κ2) is 19.5. The molecular formula is C41H51N9O5. The highest BCUT2D eigenvalue weighted by Gasteiger charge is 2.16. The van der Waals surface area contributed by atoms with Gasteiger partial charge in [-0.25, -0.2) is 15.0 Å². The molecule has 14 heteroatoms. The van der Waals surface area contributed by atoms with Crippen molar-refractivity contribution in [3.05, 3.63) is 125 Å². The van der Waals surface area contributed by atoms with E-state index < -0.39 is 0 Å². The molecule has 0 spiro atoms. The molecule has 0 bridgehead atoms. The largest absolute Gasteiger partial charge is 0.481 e. The van der Waals surface area contributed by atoms with E-state index in [0.29, 0.717) is 28.4 Å². The first-order chi connectivity index (χ1) is 26.8. The number of amides is 2. The zero-order valence-electron chi connectivity index (χ0n) is 31.5. The number of anilines is 2. The van der Waals surface area contributed by atoms with Gasteiger partial charge in [0.1, 0.15) is 5.75 Å². The Bertz CT molecular complexity index is 2030. The van der Waals surface area contributed by atoms with Gasteiger partial charge in [0.15, 0.2) is 0 Å². The molecule has 2 aromatic heterocycles. The maximum absolute atomic E-state index is 12.8. The van der Waals surface area contributed by atoms with E-state index in [9.17, 15) is 9.59 Å². The number of nitrogens with zero attached hydrogens (tertiary/aromatic N) is 7. The van der Waals surface area contributed by atoms with Crippen LogP contribution in [0.15, 0.2) is 97.5 Å². The number of benzene rings is 3. The van der Waals surface area contributed by atoms with Crippen LogP contribution in [0.4, 0.5) is 11.6 Å². The molecule has 55 heavy (non-hydrogen) atoms. The standard InChI is InChI=1S/C23H24N4O3.C18H23N5O2.2H2/c1-17-6-7-20(15-21(17)30-23-24-8-3-9-25-23)26-22(28)19-5-2-4-18(14-19)16-27-10-12-29-13-11-27;1-22-8-10-23(11-9-22)13-14-4-3-5-15(12-14)17(24)21-18-19-7-6-16(20-18)25-2;;/h2-9,14-15H,10-13,16H2,1H3,(H,26,28);3-7,12H,8-11,13H2,1-2H3,(H,19,20,21,24);2*1H. The van der Waals surface area contributed by atoms with Crippen molar-refractivity contribution in [1.29, 1.82) is 0 Å². The molecule has 2 aliphatic heterocycles. The quantitative estimate of drug-likeness (QED) is 0.172. The van der Waals surface area contributed by atoms with Crippen LogP contribution in [0, 0.1) is 6.92 Å². The maximum atomic E-state index is 12.8. The van der Waals surface area contributed by atoms with Gasteiger partial charge in [-0.3, -0.25) is 24.7 Å². The highest BCUT2D eigenvalue weighted by molar-refractivity contribution is 6.04. The second-order valence-corrected chi connectivity index (χ2v) is 13.3. The summed E-state index contributed by atoms with van der Waals surface area (Å²) >= 11 is 0. The highest BCUT2D eigenvalue weighted by atomic mass is 16.5. The van der Waals surface area contributed by atoms with Crippen molar-refractivity contribution in [3.63, 3.8) is 0 Å². The summed E-state index contributed by atoms with van der Waals surface area (Å²) in [7, 11) is 3.67. The third-order valence-corrected chi connectivity index (χ3v) is 9.14. The molecule has 290 valence electrons. The van der Waals surface area contributed by atoms with Crippen molar-refractivity contribution >= 4 is 23.5 Å².